The summed E-state index contributed by atoms with van der Waals surface area (Å²) in [6, 6.07) is 0. The molecule has 2 N–H and O–H groups in total. The van der Waals surface area contributed by atoms with Crippen molar-refractivity contribution in [3.63, 3.8) is 0 Å². The summed E-state index contributed by atoms with van der Waals surface area (Å²) in [4.78, 5) is 2.14. The van der Waals surface area contributed by atoms with E-state index in [4.69, 9.17) is 5.73 Å². The average Bonchev–Trinajstić information content (AvgIpc) is 2.32. The minimum absolute atomic E-state index is 0.0176. The first-order valence-electron chi connectivity index (χ1n) is 3.62. The summed E-state index contributed by atoms with van der Waals surface area (Å²) >= 11 is -0.0176. The van der Waals surface area contributed by atoms with E-state index in [-0.39, 0.29) is 26.5 Å². The van der Waals surface area contributed by atoms with Crippen LogP contribution in [0.3, 0.4) is 0 Å². The van der Waals surface area contributed by atoms with Gasteiger partial charge in [-0.1, -0.05) is 0 Å². The van der Waals surface area contributed by atoms with Gasteiger partial charge in [-0.3, -0.25) is 0 Å². The Hall–Kier alpha value is 0.0300. The molecule has 4 heteroatoms. The largest absolute Gasteiger partial charge is 0.332 e. The molecular weight excluding hydrogens is 253 g/mol. The molecule has 0 spiro atoms. The highest BCUT2D eigenvalue weighted by Crippen LogP contribution is 2.08. The molecule has 0 saturated carbocycles. The van der Waals surface area contributed by atoms with Crippen LogP contribution in [0.15, 0.2) is 3.21 Å². The maximum Gasteiger partial charge on any atom is 0.101 e. The molecule has 1 rings (SSSR count). The topological polar surface area (TPSA) is 41.6 Å². The second kappa shape index (κ2) is 3.62. The van der Waals surface area contributed by atoms with Crippen LogP contribution in [0, 0.1) is 0 Å². The van der Waals surface area contributed by atoms with E-state index >= 15 is 0 Å². The number of rotatable bonds is 3. The van der Waals surface area contributed by atoms with E-state index in [9.17, 15) is 0 Å². The minimum atomic E-state index is -0.0530. The lowest BCUT2D eigenvalue weighted by molar-refractivity contribution is 0.437. The number of hydrogen-bond donors (Lipinski definition) is 1. The Morgan fingerprint density at radius 2 is 2.36 bits per heavy atom. The van der Waals surface area contributed by atoms with Crippen molar-refractivity contribution < 1.29 is 0 Å². The minimum Gasteiger partial charge on any atom is -0.332 e. The van der Waals surface area contributed by atoms with Crippen molar-refractivity contribution in [2.24, 2.45) is 8.94 Å². The molecule has 1 aliphatic heterocycles. The van der Waals surface area contributed by atoms with E-state index in [1.165, 1.54) is 0 Å². The summed E-state index contributed by atoms with van der Waals surface area (Å²) in [6.45, 7) is 5.11. The van der Waals surface area contributed by atoms with Crippen LogP contribution < -0.4 is 5.73 Å². The Labute approximate surface area is 77.8 Å². The fourth-order valence-electron chi connectivity index (χ4n) is 0.711. The number of nitrogens with zero attached hydrogens (tertiary/aromatic N) is 2. The Morgan fingerprint density at radius 3 is 2.82 bits per heavy atom. The van der Waals surface area contributed by atoms with Gasteiger partial charge in [0.1, 0.15) is 6.34 Å². The van der Waals surface area contributed by atoms with Crippen LogP contribution in [-0.2, 0) is 0 Å². The predicted molar refractivity (Wildman–Crippen MR) is 58.2 cm³/mol. The maximum atomic E-state index is 5.84. The van der Waals surface area contributed by atoms with Crippen LogP contribution in [-0.4, -0.2) is 27.5 Å². The molecule has 3 nitrogen and oxygen atoms in total. The maximum absolute atomic E-state index is 5.84. The Balaban J connectivity index is 2.23. The lowest BCUT2D eigenvalue weighted by Crippen LogP contribution is -2.36. The molecule has 0 aromatic heterocycles. The molecule has 0 aromatic carbocycles. The van der Waals surface area contributed by atoms with Gasteiger partial charge < -0.3 is 10.6 Å². The van der Waals surface area contributed by atoms with Gasteiger partial charge in [0, 0.05) is 33.1 Å². The molecule has 0 bridgehead atoms. The Kier molecular flexibility index (Phi) is 3.00. The van der Waals surface area contributed by atoms with Crippen LogP contribution in [0.2, 0.25) is 0 Å². The molecule has 0 aromatic rings. The van der Waals surface area contributed by atoms with Crippen molar-refractivity contribution in [3.8, 4) is 0 Å². The van der Waals surface area contributed by atoms with Crippen molar-refractivity contribution in [3.05, 3.63) is 0 Å². The molecule has 0 saturated heterocycles. The van der Waals surface area contributed by atoms with Crippen LogP contribution >= 0.6 is 21.0 Å². The quantitative estimate of drug-likeness (QED) is 0.778. The lowest BCUT2D eigenvalue weighted by atomic mass is 10.0. The van der Waals surface area contributed by atoms with Crippen molar-refractivity contribution in [1.29, 1.82) is 0 Å². The second-order valence-corrected chi connectivity index (χ2v) is 5.06. The Bertz CT molecular complexity index is 169. The summed E-state index contributed by atoms with van der Waals surface area (Å²) in [5.41, 5.74) is 5.78. The normalized spacial score (nSPS) is 17.2. The molecule has 0 atom stereocenters. The molecule has 11 heavy (non-hydrogen) atoms. The van der Waals surface area contributed by atoms with Crippen molar-refractivity contribution in [2.75, 3.05) is 6.54 Å². The highest BCUT2D eigenvalue weighted by Gasteiger charge is 2.11. The first-order valence-corrected chi connectivity index (χ1v) is 5.83. The number of hydrogen-bond acceptors (Lipinski definition) is 3. The standard InChI is InChI=1S/C7H14IN3/c1-7(2,9)3-4-11-5-8-10-6-11/h5-6H,3-4,9H2,1-2H3. The zero-order chi connectivity index (χ0) is 8.32. The molecule has 0 fully saturated rings. The van der Waals surface area contributed by atoms with Crippen LogP contribution in [0.1, 0.15) is 20.3 Å². The van der Waals surface area contributed by atoms with Gasteiger partial charge in [0.25, 0.3) is 0 Å². The molecule has 0 radical (unpaired) electrons. The van der Waals surface area contributed by atoms with Gasteiger partial charge in [-0.25, -0.2) is 3.21 Å². The van der Waals surface area contributed by atoms with E-state index in [1.807, 2.05) is 6.34 Å². The average molecular weight is 267 g/mol. The van der Waals surface area contributed by atoms with Gasteiger partial charge >= 0.3 is 0 Å². The fourth-order valence-corrected chi connectivity index (χ4v) is 2.06. The van der Waals surface area contributed by atoms with Gasteiger partial charge in [-0.05, 0) is 20.3 Å². The summed E-state index contributed by atoms with van der Waals surface area (Å²) in [7, 11) is 0. The van der Waals surface area contributed by atoms with Crippen molar-refractivity contribution in [2.45, 2.75) is 25.8 Å². The number of nitrogens with two attached hydrogens (primary N) is 1. The molecule has 64 valence electrons. The molecule has 0 amide bonds. The van der Waals surface area contributed by atoms with Gasteiger partial charge in [0.05, 0.1) is 4.14 Å². The highest BCUT2D eigenvalue weighted by molar-refractivity contribution is 14.2. The highest BCUT2D eigenvalue weighted by atomic mass is 127. The van der Waals surface area contributed by atoms with Crippen LogP contribution in [0.4, 0.5) is 0 Å². The van der Waals surface area contributed by atoms with E-state index in [0.717, 1.165) is 13.0 Å². The zero-order valence-electron chi connectivity index (χ0n) is 6.92. The zero-order valence-corrected chi connectivity index (χ0v) is 9.08. The smallest absolute Gasteiger partial charge is 0.101 e. The molecular formula is C7H14IN3. The third kappa shape index (κ3) is 3.81. The number of halogens is 1. The lowest BCUT2D eigenvalue weighted by Gasteiger charge is -2.20. The van der Waals surface area contributed by atoms with Crippen LogP contribution in [0.25, 0.3) is 0 Å². The van der Waals surface area contributed by atoms with Gasteiger partial charge in [0.15, 0.2) is 0 Å². The van der Waals surface area contributed by atoms with Crippen molar-refractivity contribution in [1.82, 2.24) is 4.90 Å². The third-order valence-electron chi connectivity index (χ3n) is 1.43. The molecule has 0 aliphatic carbocycles. The van der Waals surface area contributed by atoms with E-state index in [2.05, 4.69) is 26.1 Å². The second-order valence-electron chi connectivity index (χ2n) is 3.38. The van der Waals surface area contributed by atoms with Crippen molar-refractivity contribution >= 4 is 31.5 Å². The first-order chi connectivity index (χ1) is 5.08. The summed E-state index contributed by atoms with van der Waals surface area (Å²) < 4.78 is 6.37. The third-order valence-corrected chi connectivity index (χ3v) is 2.97. The monoisotopic (exact) mass is 267 g/mol. The SMILES string of the molecule is CC(C)(N)CCN1C=NI=C1. The first kappa shape index (κ1) is 9.12. The molecule has 1 aliphatic rings. The van der Waals surface area contributed by atoms with Gasteiger partial charge in [-0.2, -0.15) is 0 Å². The van der Waals surface area contributed by atoms with E-state index in [0.29, 0.717) is 0 Å². The van der Waals surface area contributed by atoms with Gasteiger partial charge in [-0.15, -0.1) is 0 Å². The molecule has 0 unspecified atom stereocenters. The van der Waals surface area contributed by atoms with Crippen LogP contribution in [0.5, 0.6) is 0 Å². The van der Waals surface area contributed by atoms with E-state index < -0.39 is 0 Å². The van der Waals surface area contributed by atoms with Gasteiger partial charge in [0.2, 0.25) is 0 Å². The summed E-state index contributed by atoms with van der Waals surface area (Å²) in [6.07, 6.45) is 2.93. The fraction of sp³-hybridized carbons (Fsp3) is 0.714. The summed E-state index contributed by atoms with van der Waals surface area (Å²) in [5.74, 6) is 0. The van der Waals surface area contributed by atoms with E-state index in [1.54, 1.807) is 0 Å². The molecule has 1 heterocycles. The summed E-state index contributed by atoms with van der Waals surface area (Å²) in [5, 5.41) is 0. The Morgan fingerprint density at radius 1 is 1.64 bits per heavy atom. The predicted octanol–water partition coefficient (Wildman–Crippen LogP) is 1.10.